The molecule has 1 fully saturated rings. The molecule has 2 aromatic rings. The predicted molar refractivity (Wildman–Crippen MR) is 123 cm³/mol. The molecule has 0 radical (unpaired) electrons. The van der Waals surface area contributed by atoms with Crippen LogP contribution in [0.4, 0.5) is 0 Å². The molecule has 6 heteroatoms. The van der Waals surface area contributed by atoms with Crippen molar-refractivity contribution in [2.45, 2.75) is 44.6 Å². The Bertz CT molecular complexity index is 803. The molecule has 0 aromatic heterocycles. The molecule has 0 aliphatic carbocycles. The van der Waals surface area contributed by atoms with Crippen molar-refractivity contribution in [1.29, 1.82) is 10.5 Å². The van der Waals surface area contributed by atoms with Crippen molar-refractivity contribution < 1.29 is 16.9 Å². The van der Waals surface area contributed by atoms with Crippen LogP contribution in [0.5, 0.6) is 0 Å². The predicted octanol–water partition coefficient (Wildman–Crippen LogP) is 1.36. The summed E-state index contributed by atoms with van der Waals surface area (Å²) >= 11 is 0. The number of hydrogen-bond donors (Lipinski definition) is 1. The molecule has 0 spiro atoms. The molecular formula is C25H32Cl2N4. The van der Waals surface area contributed by atoms with Gasteiger partial charge in [-0.1, -0.05) is 24.3 Å². The highest BCUT2D eigenvalue weighted by Crippen LogP contribution is 2.22. The number of benzene rings is 2. The van der Waals surface area contributed by atoms with Crippen LogP contribution in [0.3, 0.4) is 0 Å². The molecule has 0 saturated carbocycles. The topological polar surface area (TPSA) is 73.6 Å². The van der Waals surface area contributed by atoms with Gasteiger partial charge in [-0.05, 0) is 61.1 Å². The van der Waals surface area contributed by atoms with E-state index in [1.807, 2.05) is 24.3 Å². The van der Waals surface area contributed by atoms with Gasteiger partial charge in [0.15, 0.2) is 0 Å². The van der Waals surface area contributed by atoms with E-state index in [0.29, 0.717) is 6.04 Å². The molecule has 1 unspecified atom stereocenters. The van der Waals surface area contributed by atoms with Gasteiger partial charge in [0.2, 0.25) is 0 Å². The number of nitriles is 2. The normalized spacial score (nSPS) is 16.8. The van der Waals surface area contributed by atoms with E-state index in [1.54, 1.807) is 0 Å². The zero-order chi connectivity index (χ0) is 20.5. The highest BCUT2D eigenvalue weighted by atomic mass is 35.5. The van der Waals surface area contributed by atoms with Crippen molar-refractivity contribution in [3.05, 3.63) is 70.8 Å². The lowest BCUT2D eigenvalue weighted by Crippen LogP contribution is -3.00. The Labute approximate surface area is 199 Å². The van der Waals surface area contributed by atoms with Gasteiger partial charge < -0.3 is 22.6 Å². The summed E-state index contributed by atoms with van der Waals surface area (Å²) < 4.78 is 1.13. The molecule has 1 aliphatic heterocycles. The Hall–Kier alpha value is -2.08. The molecule has 3 rings (SSSR count). The van der Waals surface area contributed by atoms with Gasteiger partial charge in [-0.2, -0.15) is 10.5 Å². The number of halogens is 2. The summed E-state index contributed by atoms with van der Waals surface area (Å²) in [5.74, 6) is 0. The number of hydrogen-bond acceptors (Lipinski definition) is 3. The van der Waals surface area contributed by atoms with Crippen LogP contribution < -0.4 is 18.1 Å². The van der Waals surface area contributed by atoms with Crippen molar-refractivity contribution in [1.82, 2.24) is 0 Å². The molecule has 166 valence electrons. The Morgan fingerprint density at radius 2 is 1.29 bits per heavy atom. The number of likely N-dealkylation sites (tertiary alicyclic amines) is 1. The molecule has 31 heavy (non-hydrogen) atoms. The lowest BCUT2D eigenvalue weighted by molar-refractivity contribution is -0.933. The van der Waals surface area contributed by atoms with E-state index in [0.717, 1.165) is 54.3 Å². The highest BCUT2D eigenvalue weighted by Gasteiger charge is 2.32. The first kappa shape index (κ1) is 27.0. The Morgan fingerprint density at radius 1 is 0.839 bits per heavy atom. The Kier molecular flexibility index (Phi) is 11.6. The standard InChI is InChI=1S/C25H31N4.2ClH/c26-18-23-11-7-21(8-12-23)4-1-15-29(17-3-6-25(28)20-29)16-2-5-22-9-13-24(19-27)14-10-22;;/h7-14,25H,1-6,15-17,20,28H2;2*1H/q+1;;/p-1. The molecular weight excluding hydrogens is 427 g/mol. The van der Waals surface area contributed by atoms with Gasteiger partial charge in [-0.3, -0.25) is 0 Å². The van der Waals surface area contributed by atoms with Crippen LogP contribution in [0, 0.1) is 22.7 Å². The molecule has 1 aliphatic rings. The first-order valence-electron chi connectivity index (χ1n) is 10.7. The second-order valence-electron chi connectivity index (χ2n) is 8.42. The van der Waals surface area contributed by atoms with Crippen LogP contribution >= 0.6 is 12.4 Å². The van der Waals surface area contributed by atoms with Crippen LogP contribution in [0.25, 0.3) is 0 Å². The monoisotopic (exact) mass is 458 g/mol. The van der Waals surface area contributed by atoms with Crippen LogP contribution in [0.2, 0.25) is 0 Å². The van der Waals surface area contributed by atoms with Crippen molar-refractivity contribution in [2.75, 3.05) is 26.2 Å². The van der Waals surface area contributed by atoms with Gasteiger partial charge in [0.1, 0.15) is 0 Å². The molecule has 1 saturated heterocycles. The minimum Gasteiger partial charge on any atom is -1.00 e. The number of piperidine rings is 1. The summed E-state index contributed by atoms with van der Waals surface area (Å²) in [6, 6.07) is 20.6. The van der Waals surface area contributed by atoms with Gasteiger partial charge in [-0.25, -0.2) is 0 Å². The quantitative estimate of drug-likeness (QED) is 0.606. The second kappa shape index (κ2) is 13.4. The van der Waals surface area contributed by atoms with Gasteiger partial charge in [0.25, 0.3) is 0 Å². The summed E-state index contributed by atoms with van der Waals surface area (Å²) in [5, 5.41) is 17.9. The molecule has 2 aromatic carbocycles. The van der Waals surface area contributed by atoms with Crippen LogP contribution in [0.15, 0.2) is 48.5 Å². The van der Waals surface area contributed by atoms with Crippen molar-refractivity contribution in [3.63, 3.8) is 0 Å². The summed E-state index contributed by atoms with van der Waals surface area (Å²) in [7, 11) is 0. The van der Waals surface area contributed by atoms with Crippen molar-refractivity contribution in [3.8, 4) is 12.1 Å². The SMILES string of the molecule is Cl.N#Cc1ccc(CCC[N+]2(CCCc3ccc(C#N)cc3)CCCC(N)C2)cc1.[Cl-]. The fraction of sp³-hybridized carbons (Fsp3) is 0.440. The summed E-state index contributed by atoms with van der Waals surface area (Å²) in [4.78, 5) is 0. The fourth-order valence-corrected chi connectivity index (χ4v) is 4.62. The molecule has 0 bridgehead atoms. The van der Waals surface area contributed by atoms with E-state index in [1.165, 1.54) is 37.2 Å². The number of aryl methyl sites for hydroxylation is 2. The second-order valence-corrected chi connectivity index (χ2v) is 8.42. The summed E-state index contributed by atoms with van der Waals surface area (Å²) in [5.41, 5.74) is 10.4. The number of nitrogens with two attached hydrogens (primary N) is 1. The van der Waals surface area contributed by atoms with Crippen molar-refractivity contribution in [2.24, 2.45) is 5.73 Å². The van der Waals surface area contributed by atoms with Gasteiger partial charge in [0, 0.05) is 12.8 Å². The largest absolute Gasteiger partial charge is 1.00 e. The van der Waals surface area contributed by atoms with Gasteiger partial charge in [-0.15, -0.1) is 12.4 Å². The molecule has 1 atom stereocenters. The smallest absolute Gasteiger partial charge is 0.0991 e. The Balaban J connectivity index is 0.00000240. The molecule has 0 amide bonds. The van der Waals surface area contributed by atoms with Crippen LogP contribution in [-0.2, 0) is 12.8 Å². The van der Waals surface area contributed by atoms with Crippen LogP contribution in [0.1, 0.15) is 47.9 Å². The third-order valence-corrected chi connectivity index (χ3v) is 6.19. The fourth-order valence-electron chi connectivity index (χ4n) is 4.62. The number of quaternary nitrogens is 1. The van der Waals surface area contributed by atoms with Gasteiger partial charge >= 0.3 is 0 Å². The molecule has 4 nitrogen and oxygen atoms in total. The third kappa shape index (κ3) is 8.17. The minimum atomic E-state index is 0. The highest BCUT2D eigenvalue weighted by molar-refractivity contribution is 5.85. The van der Waals surface area contributed by atoms with E-state index in [9.17, 15) is 0 Å². The third-order valence-electron chi connectivity index (χ3n) is 6.19. The summed E-state index contributed by atoms with van der Waals surface area (Å²) in [6.45, 7) is 4.65. The number of rotatable bonds is 8. The maximum atomic E-state index is 8.95. The zero-order valence-electron chi connectivity index (χ0n) is 18.0. The maximum Gasteiger partial charge on any atom is 0.0991 e. The first-order chi connectivity index (χ1) is 14.1. The average molecular weight is 459 g/mol. The summed E-state index contributed by atoms with van der Waals surface area (Å²) in [6.07, 6.45) is 6.76. The lowest BCUT2D eigenvalue weighted by Gasteiger charge is -2.44. The number of nitrogens with zero attached hydrogens (tertiary/aromatic N) is 3. The zero-order valence-corrected chi connectivity index (χ0v) is 19.5. The van der Waals surface area contributed by atoms with E-state index >= 15 is 0 Å². The van der Waals surface area contributed by atoms with E-state index < -0.39 is 0 Å². The average Bonchev–Trinajstić information content (AvgIpc) is 2.75. The molecule has 1 heterocycles. The molecule has 2 N–H and O–H groups in total. The van der Waals surface area contributed by atoms with Gasteiger partial charge in [0.05, 0.1) is 55.5 Å². The van der Waals surface area contributed by atoms with E-state index in [4.69, 9.17) is 16.3 Å². The van der Waals surface area contributed by atoms with E-state index in [-0.39, 0.29) is 24.8 Å². The van der Waals surface area contributed by atoms with Crippen LogP contribution in [-0.4, -0.2) is 36.7 Å². The lowest BCUT2D eigenvalue weighted by atomic mass is 9.99. The van der Waals surface area contributed by atoms with Crippen molar-refractivity contribution >= 4 is 12.4 Å². The Morgan fingerprint density at radius 3 is 1.68 bits per heavy atom. The van der Waals surface area contributed by atoms with E-state index in [2.05, 4.69) is 36.4 Å². The first-order valence-corrected chi connectivity index (χ1v) is 10.7. The maximum absolute atomic E-state index is 8.95. The minimum absolute atomic E-state index is 0.